The molecule has 0 radical (unpaired) electrons. The van der Waals surface area contributed by atoms with Crippen molar-refractivity contribution in [2.24, 2.45) is 0 Å². The number of hydrogen-bond donors (Lipinski definition) is 1. The molecule has 0 aliphatic carbocycles. The molecule has 0 saturated heterocycles. The largest absolute Gasteiger partial charge is 0.347 e. The van der Waals surface area contributed by atoms with Gasteiger partial charge in [-0.3, -0.25) is 0 Å². The van der Waals surface area contributed by atoms with Crippen LogP contribution in [-0.4, -0.2) is 29.0 Å². The van der Waals surface area contributed by atoms with Gasteiger partial charge < -0.3 is 10.2 Å². The third kappa shape index (κ3) is 3.88. The minimum Gasteiger partial charge on any atom is -0.347 e. The highest BCUT2D eigenvalue weighted by molar-refractivity contribution is 6.29. The fourth-order valence-electron chi connectivity index (χ4n) is 1.72. The van der Waals surface area contributed by atoms with E-state index >= 15 is 0 Å². The Kier molecular flexibility index (Phi) is 4.87. The van der Waals surface area contributed by atoms with E-state index in [2.05, 4.69) is 27.2 Å². The number of rotatable bonds is 5. The van der Waals surface area contributed by atoms with Gasteiger partial charge in [0, 0.05) is 39.1 Å². The van der Waals surface area contributed by atoms with Crippen LogP contribution in [0, 0.1) is 0 Å². The number of pyridine rings is 1. The zero-order valence-electron chi connectivity index (χ0n) is 11.8. The van der Waals surface area contributed by atoms with Crippen LogP contribution >= 0.6 is 11.6 Å². The van der Waals surface area contributed by atoms with E-state index in [0.29, 0.717) is 17.6 Å². The second-order valence-corrected chi connectivity index (χ2v) is 5.15. The SMILES string of the molecule is CC(NCc1ccnc(N(C)C)n1)c1ccc(Cl)nc1. The summed E-state index contributed by atoms with van der Waals surface area (Å²) in [7, 11) is 3.85. The average Bonchev–Trinajstić information content (AvgIpc) is 2.46. The van der Waals surface area contributed by atoms with Gasteiger partial charge in [0.15, 0.2) is 0 Å². The van der Waals surface area contributed by atoms with E-state index < -0.39 is 0 Å². The number of anilines is 1. The van der Waals surface area contributed by atoms with Gasteiger partial charge in [-0.2, -0.15) is 0 Å². The first-order chi connectivity index (χ1) is 9.56. The van der Waals surface area contributed by atoms with Crippen molar-refractivity contribution in [3.8, 4) is 0 Å². The first-order valence-corrected chi connectivity index (χ1v) is 6.78. The van der Waals surface area contributed by atoms with Crippen molar-refractivity contribution in [2.45, 2.75) is 19.5 Å². The van der Waals surface area contributed by atoms with E-state index in [1.54, 1.807) is 18.5 Å². The lowest BCUT2D eigenvalue weighted by Crippen LogP contribution is -2.20. The predicted octanol–water partition coefficient (Wildman–Crippen LogP) is 2.44. The van der Waals surface area contributed by atoms with Crippen LogP contribution in [0.15, 0.2) is 30.6 Å². The van der Waals surface area contributed by atoms with Gasteiger partial charge in [0.25, 0.3) is 0 Å². The number of halogens is 1. The zero-order valence-corrected chi connectivity index (χ0v) is 12.6. The second-order valence-electron chi connectivity index (χ2n) is 4.76. The smallest absolute Gasteiger partial charge is 0.225 e. The van der Waals surface area contributed by atoms with Gasteiger partial charge in [-0.05, 0) is 24.6 Å². The minimum absolute atomic E-state index is 0.178. The minimum atomic E-state index is 0.178. The molecule has 0 saturated carbocycles. The predicted molar refractivity (Wildman–Crippen MR) is 80.9 cm³/mol. The third-order valence-corrected chi connectivity index (χ3v) is 3.16. The monoisotopic (exact) mass is 291 g/mol. The fraction of sp³-hybridized carbons (Fsp3) is 0.357. The average molecular weight is 292 g/mol. The highest BCUT2D eigenvalue weighted by Gasteiger charge is 2.07. The molecule has 2 aromatic rings. The highest BCUT2D eigenvalue weighted by atomic mass is 35.5. The zero-order chi connectivity index (χ0) is 14.5. The molecule has 20 heavy (non-hydrogen) atoms. The Morgan fingerprint density at radius 2 is 2.05 bits per heavy atom. The maximum atomic E-state index is 5.78. The molecule has 106 valence electrons. The van der Waals surface area contributed by atoms with Crippen LogP contribution < -0.4 is 10.2 Å². The quantitative estimate of drug-likeness (QED) is 0.858. The third-order valence-electron chi connectivity index (χ3n) is 2.94. The summed E-state index contributed by atoms with van der Waals surface area (Å²) >= 11 is 5.78. The molecule has 0 fully saturated rings. The molecule has 0 aliphatic heterocycles. The van der Waals surface area contributed by atoms with Crippen LogP contribution in [0.25, 0.3) is 0 Å². The molecule has 0 bridgehead atoms. The van der Waals surface area contributed by atoms with Gasteiger partial charge in [0.1, 0.15) is 5.15 Å². The summed E-state index contributed by atoms with van der Waals surface area (Å²) in [6.45, 7) is 2.76. The van der Waals surface area contributed by atoms with Crippen molar-refractivity contribution in [1.82, 2.24) is 20.3 Å². The Hall–Kier alpha value is -1.72. The topological polar surface area (TPSA) is 53.9 Å². The molecule has 0 spiro atoms. The molecule has 1 atom stereocenters. The van der Waals surface area contributed by atoms with Crippen molar-refractivity contribution in [1.29, 1.82) is 0 Å². The molecule has 0 amide bonds. The number of aromatic nitrogens is 3. The van der Waals surface area contributed by atoms with Crippen LogP contribution in [0.5, 0.6) is 0 Å². The van der Waals surface area contributed by atoms with Gasteiger partial charge in [0.05, 0.1) is 5.69 Å². The summed E-state index contributed by atoms with van der Waals surface area (Å²) in [6.07, 6.45) is 3.55. The Bertz CT molecular complexity index is 556. The molecule has 1 unspecified atom stereocenters. The Morgan fingerprint density at radius 1 is 1.25 bits per heavy atom. The second kappa shape index (κ2) is 6.63. The van der Waals surface area contributed by atoms with Crippen molar-refractivity contribution < 1.29 is 0 Å². The lowest BCUT2D eigenvalue weighted by Gasteiger charge is -2.15. The van der Waals surface area contributed by atoms with E-state index in [1.807, 2.05) is 31.1 Å². The van der Waals surface area contributed by atoms with Crippen molar-refractivity contribution in [3.05, 3.63) is 47.0 Å². The molecular formula is C14H18ClN5. The van der Waals surface area contributed by atoms with E-state index in [0.717, 1.165) is 11.3 Å². The fourth-order valence-corrected chi connectivity index (χ4v) is 1.83. The van der Waals surface area contributed by atoms with E-state index in [1.165, 1.54) is 0 Å². The lowest BCUT2D eigenvalue weighted by molar-refractivity contribution is 0.565. The van der Waals surface area contributed by atoms with Crippen molar-refractivity contribution in [2.75, 3.05) is 19.0 Å². The van der Waals surface area contributed by atoms with Crippen LogP contribution in [0.4, 0.5) is 5.95 Å². The summed E-state index contributed by atoms with van der Waals surface area (Å²) in [5, 5.41) is 3.92. The van der Waals surface area contributed by atoms with Gasteiger partial charge in [0.2, 0.25) is 5.95 Å². The normalized spacial score (nSPS) is 12.2. The van der Waals surface area contributed by atoms with Crippen LogP contribution in [0.3, 0.4) is 0 Å². The molecule has 1 N–H and O–H groups in total. The Labute approximate surface area is 124 Å². The molecule has 0 aliphatic rings. The first-order valence-electron chi connectivity index (χ1n) is 6.40. The molecule has 5 nitrogen and oxygen atoms in total. The molecule has 2 heterocycles. The Balaban J connectivity index is 1.97. The highest BCUT2D eigenvalue weighted by Crippen LogP contribution is 2.14. The summed E-state index contributed by atoms with van der Waals surface area (Å²) in [5.74, 6) is 0.713. The first kappa shape index (κ1) is 14.7. The van der Waals surface area contributed by atoms with Gasteiger partial charge in [-0.1, -0.05) is 17.7 Å². The van der Waals surface area contributed by atoms with Crippen molar-refractivity contribution in [3.63, 3.8) is 0 Å². The van der Waals surface area contributed by atoms with E-state index in [9.17, 15) is 0 Å². The van der Waals surface area contributed by atoms with Crippen LogP contribution in [0.1, 0.15) is 24.2 Å². The van der Waals surface area contributed by atoms with E-state index in [-0.39, 0.29) is 6.04 Å². The molecular weight excluding hydrogens is 274 g/mol. The van der Waals surface area contributed by atoms with E-state index in [4.69, 9.17) is 11.6 Å². The number of nitrogens with one attached hydrogen (secondary N) is 1. The maximum Gasteiger partial charge on any atom is 0.225 e. The molecule has 6 heteroatoms. The lowest BCUT2D eigenvalue weighted by atomic mass is 10.1. The number of hydrogen-bond acceptors (Lipinski definition) is 5. The van der Waals surface area contributed by atoms with Gasteiger partial charge >= 0.3 is 0 Å². The van der Waals surface area contributed by atoms with Crippen LogP contribution in [0.2, 0.25) is 5.15 Å². The summed E-state index contributed by atoms with van der Waals surface area (Å²) in [4.78, 5) is 14.6. The standard InChI is InChI=1S/C14H18ClN5/c1-10(11-4-5-13(15)18-8-11)17-9-12-6-7-16-14(19-12)20(2)3/h4-8,10,17H,9H2,1-3H3. The maximum absolute atomic E-state index is 5.78. The summed E-state index contributed by atoms with van der Waals surface area (Å²) in [6, 6.07) is 5.85. The Morgan fingerprint density at radius 3 is 2.70 bits per heavy atom. The van der Waals surface area contributed by atoms with Crippen molar-refractivity contribution >= 4 is 17.5 Å². The van der Waals surface area contributed by atoms with Gasteiger partial charge in [-0.25, -0.2) is 15.0 Å². The van der Waals surface area contributed by atoms with Crippen LogP contribution in [-0.2, 0) is 6.54 Å². The molecule has 0 aromatic carbocycles. The molecule has 2 rings (SSSR count). The van der Waals surface area contributed by atoms with Gasteiger partial charge in [-0.15, -0.1) is 0 Å². The summed E-state index contributed by atoms with van der Waals surface area (Å²) < 4.78 is 0. The summed E-state index contributed by atoms with van der Waals surface area (Å²) in [5.41, 5.74) is 2.05. The molecule has 2 aromatic heterocycles. The number of nitrogens with zero attached hydrogens (tertiary/aromatic N) is 4.